The fourth-order valence-corrected chi connectivity index (χ4v) is 3.25. The molecule has 1 aliphatic carbocycles. The molecule has 104 valence electrons. The number of nitrogens with one attached hydrogen (secondary N) is 1. The van der Waals surface area contributed by atoms with Crippen LogP contribution in [0.3, 0.4) is 0 Å². The highest BCUT2D eigenvalue weighted by Gasteiger charge is 2.39. The smallest absolute Gasteiger partial charge is 0.224 e. The van der Waals surface area contributed by atoms with Gasteiger partial charge in [-0.05, 0) is 19.8 Å². The summed E-state index contributed by atoms with van der Waals surface area (Å²) in [7, 11) is 0. The van der Waals surface area contributed by atoms with Gasteiger partial charge in [0.1, 0.15) is 0 Å². The van der Waals surface area contributed by atoms with Gasteiger partial charge in [-0.25, -0.2) is 0 Å². The molecular weight excluding hydrogens is 244 g/mol. The summed E-state index contributed by atoms with van der Waals surface area (Å²) in [5.41, 5.74) is 0. The normalized spacial score (nSPS) is 26.8. The molecule has 0 aromatic rings. The zero-order chi connectivity index (χ0) is 13.3. The lowest BCUT2D eigenvalue weighted by Gasteiger charge is -2.24. The van der Waals surface area contributed by atoms with Crippen LogP contribution in [0.25, 0.3) is 0 Å². The largest absolute Gasteiger partial charge is 0.338 e. The summed E-state index contributed by atoms with van der Waals surface area (Å²) >= 11 is 1.98. The number of nitrogens with zero attached hydrogens (tertiary/aromatic N) is 1. The number of hydrogen-bond donors (Lipinski definition) is 1. The molecule has 0 unspecified atom stereocenters. The van der Waals surface area contributed by atoms with Gasteiger partial charge in [-0.2, -0.15) is 11.8 Å². The second kappa shape index (κ2) is 5.41. The molecule has 0 aromatic heterocycles. The van der Waals surface area contributed by atoms with Gasteiger partial charge in [0.15, 0.2) is 0 Å². The Hall–Kier alpha value is -0.220. The SMILES string of the molecule is C[C@@H](CSC(C)(C)C)N[C@H]1CC(=O)N(C2CC2)C1. The molecule has 0 aromatic carbocycles. The first-order valence-electron chi connectivity index (χ1n) is 7.04. The van der Waals surface area contributed by atoms with Crippen molar-refractivity contribution in [2.45, 2.75) is 69.8 Å². The zero-order valence-electron chi connectivity index (χ0n) is 12.0. The van der Waals surface area contributed by atoms with E-state index in [0.29, 0.717) is 35.2 Å². The van der Waals surface area contributed by atoms with Crippen molar-refractivity contribution in [2.75, 3.05) is 12.3 Å². The van der Waals surface area contributed by atoms with Crippen molar-refractivity contribution in [3.8, 4) is 0 Å². The quantitative estimate of drug-likeness (QED) is 0.832. The molecule has 4 heteroatoms. The van der Waals surface area contributed by atoms with Gasteiger partial charge < -0.3 is 10.2 Å². The Kier molecular flexibility index (Phi) is 4.27. The maximum Gasteiger partial charge on any atom is 0.224 e. The molecule has 3 nitrogen and oxygen atoms in total. The van der Waals surface area contributed by atoms with Gasteiger partial charge >= 0.3 is 0 Å². The van der Waals surface area contributed by atoms with Crippen LogP contribution in [0.1, 0.15) is 47.0 Å². The van der Waals surface area contributed by atoms with E-state index < -0.39 is 0 Å². The molecule has 1 amide bonds. The lowest BCUT2D eigenvalue weighted by atomic mass is 10.2. The summed E-state index contributed by atoms with van der Waals surface area (Å²) < 4.78 is 0.321. The number of amides is 1. The van der Waals surface area contributed by atoms with Crippen molar-refractivity contribution in [3.63, 3.8) is 0 Å². The topological polar surface area (TPSA) is 32.3 Å². The highest BCUT2D eigenvalue weighted by atomic mass is 32.2. The summed E-state index contributed by atoms with van der Waals surface area (Å²) in [5.74, 6) is 1.46. The van der Waals surface area contributed by atoms with Crippen LogP contribution in [0.15, 0.2) is 0 Å². The summed E-state index contributed by atoms with van der Waals surface area (Å²) in [5, 5.41) is 3.61. The van der Waals surface area contributed by atoms with Crippen molar-refractivity contribution in [3.05, 3.63) is 0 Å². The predicted molar refractivity (Wildman–Crippen MR) is 77.9 cm³/mol. The Morgan fingerprint density at radius 3 is 2.67 bits per heavy atom. The van der Waals surface area contributed by atoms with E-state index >= 15 is 0 Å². The monoisotopic (exact) mass is 270 g/mol. The van der Waals surface area contributed by atoms with E-state index in [0.717, 1.165) is 12.3 Å². The first-order chi connectivity index (χ1) is 8.35. The Morgan fingerprint density at radius 2 is 2.11 bits per heavy atom. The molecule has 0 spiro atoms. The van der Waals surface area contributed by atoms with Crippen LogP contribution in [-0.2, 0) is 4.79 Å². The molecule has 1 N–H and O–H groups in total. The first-order valence-corrected chi connectivity index (χ1v) is 8.03. The van der Waals surface area contributed by atoms with Gasteiger partial charge in [0.2, 0.25) is 5.91 Å². The van der Waals surface area contributed by atoms with Gasteiger partial charge in [0.05, 0.1) is 0 Å². The number of rotatable bonds is 5. The molecule has 2 fully saturated rings. The standard InChI is InChI=1S/C14H26N2OS/c1-10(9-18-14(2,3)4)15-11-7-13(17)16(8-11)12-5-6-12/h10-12,15H,5-9H2,1-4H3/t10-,11-/m0/s1. The van der Waals surface area contributed by atoms with E-state index in [1.54, 1.807) is 0 Å². The first kappa shape index (κ1) is 14.2. The second-order valence-corrected chi connectivity index (χ2v) is 8.52. The van der Waals surface area contributed by atoms with Crippen LogP contribution in [-0.4, -0.2) is 46.0 Å². The van der Waals surface area contributed by atoms with Crippen molar-refractivity contribution >= 4 is 17.7 Å². The predicted octanol–water partition coefficient (Wildman–Crippen LogP) is 2.26. The molecule has 1 saturated heterocycles. The molecule has 1 saturated carbocycles. The fourth-order valence-electron chi connectivity index (χ4n) is 2.41. The molecule has 0 bridgehead atoms. The van der Waals surface area contributed by atoms with E-state index in [9.17, 15) is 4.79 Å². The molecule has 1 aliphatic heterocycles. The highest BCUT2D eigenvalue weighted by Crippen LogP contribution is 2.31. The Labute approximate surface area is 115 Å². The van der Waals surface area contributed by atoms with Crippen molar-refractivity contribution in [1.82, 2.24) is 10.2 Å². The lowest BCUT2D eigenvalue weighted by Crippen LogP contribution is -2.40. The Balaban J connectivity index is 1.71. The third-order valence-electron chi connectivity index (χ3n) is 3.43. The fraction of sp³-hybridized carbons (Fsp3) is 0.929. The molecule has 0 radical (unpaired) electrons. The van der Waals surface area contributed by atoms with E-state index in [4.69, 9.17) is 0 Å². The minimum atomic E-state index is 0.321. The van der Waals surface area contributed by atoms with E-state index in [-0.39, 0.29) is 0 Å². The number of carbonyl (C=O) groups is 1. The molecule has 2 rings (SSSR count). The summed E-state index contributed by atoms with van der Waals surface area (Å²) in [6, 6.07) is 1.42. The van der Waals surface area contributed by atoms with Crippen LogP contribution in [0.2, 0.25) is 0 Å². The van der Waals surface area contributed by atoms with Crippen molar-refractivity contribution in [2.24, 2.45) is 0 Å². The molecular formula is C14H26N2OS. The van der Waals surface area contributed by atoms with Gasteiger partial charge in [0.25, 0.3) is 0 Å². The van der Waals surface area contributed by atoms with Gasteiger partial charge in [-0.1, -0.05) is 20.8 Å². The van der Waals surface area contributed by atoms with Gasteiger partial charge in [0, 0.05) is 41.6 Å². The maximum absolute atomic E-state index is 11.8. The third kappa shape index (κ3) is 4.16. The Morgan fingerprint density at radius 1 is 1.44 bits per heavy atom. The Bertz CT molecular complexity index is 309. The van der Waals surface area contributed by atoms with Crippen LogP contribution < -0.4 is 5.32 Å². The molecule has 2 atom stereocenters. The van der Waals surface area contributed by atoms with Gasteiger partial charge in [-0.15, -0.1) is 0 Å². The van der Waals surface area contributed by atoms with E-state index in [2.05, 4.69) is 37.9 Å². The molecule has 2 aliphatic rings. The average molecular weight is 270 g/mol. The number of hydrogen-bond acceptors (Lipinski definition) is 3. The van der Waals surface area contributed by atoms with Gasteiger partial charge in [-0.3, -0.25) is 4.79 Å². The van der Waals surface area contributed by atoms with Crippen LogP contribution in [0.4, 0.5) is 0 Å². The molecule has 18 heavy (non-hydrogen) atoms. The second-order valence-electron chi connectivity index (χ2n) is 6.67. The molecule has 1 heterocycles. The summed E-state index contributed by atoms with van der Waals surface area (Å²) in [6.45, 7) is 9.89. The minimum absolute atomic E-state index is 0.321. The number of likely N-dealkylation sites (tertiary alicyclic amines) is 1. The van der Waals surface area contributed by atoms with Crippen LogP contribution in [0.5, 0.6) is 0 Å². The third-order valence-corrected chi connectivity index (χ3v) is 4.97. The maximum atomic E-state index is 11.8. The van der Waals surface area contributed by atoms with Crippen LogP contribution in [0, 0.1) is 0 Å². The van der Waals surface area contributed by atoms with E-state index in [1.807, 2.05) is 11.8 Å². The van der Waals surface area contributed by atoms with E-state index in [1.165, 1.54) is 12.8 Å². The number of thioether (sulfide) groups is 1. The van der Waals surface area contributed by atoms with Crippen molar-refractivity contribution < 1.29 is 4.79 Å². The zero-order valence-corrected chi connectivity index (χ0v) is 12.8. The number of carbonyl (C=O) groups excluding carboxylic acids is 1. The highest BCUT2D eigenvalue weighted by molar-refractivity contribution is 8.00. The minimum Gasteiger partial charge on any atom is -0.338 e. The lowest BCUT2D eigenvalue weighted by molar-refractivity contribution is -0.128. The van der Waals surface area contributed by atoms with Crippen molar-refractivity contribution in [1.29, 1.82) is 0 Å². The average Bonchev–Trinajstić information content (AvgIpc) is 3.01. The summed E-state index contributed by atoms with van der Waals surface area (Å²) in [4.78, 5) is 13.9. The summed E-state index contributed by atoms with van der Waals surface area (Å²) in [6.07, 6.45) is 3.13. The van der Waals surface area contributed by atoms with Crippen LogP contribution >= 0.6 is 11.8 Å².